The topological polar surface area (TPSA) is 37.8 Å². The molecule has 0 atom stereocenters. The van der Waals surface area contributed by atoms with Crippen LogP contribution in [0.3, 0.4) is 0 Å². The monoisotopic (exact) mass is 251 g/mol. The Hall–Kier alpha value is -0.480. The Bertz CT molecular complexity index is 355. The van der Waals surface area contributed by atoms with Crippen molar-refractivity contribution in [1.29, 1.82) is 0 Å². The fourth-order valence-corrected chi connectivity index (χ4v) is 3.25. The van der Waals surface area contributed by atoms with Crippen LogP contribution in [0.25, 0.3) is 0 Å². The maximum Gasteiger partial charge on any atom is 0.117 e. The van der Waals surface area contributed by atoms with Crippen molar-refractivity contribution >= 4 is 11.3 Å². The molecule has 94 valence electrons. The van der Waals surface area contributed by atoms with Crippen LogP contribution in [0, 0.1) is 5.92 Å². The van der Waals surface area contributed by atoms with E-state index in [4.69, 9.17) is 0 Å². The van der Waals surface area contributed by atoms with Gasteiger partial charge in [0.05, 0.1) is 0 Å². The molecule has 0 unspecified atom stereocenters. The summed E-state index contributed by atoms with van der Waals surface area (Å²) >= 11 is 1.83. The van der Waals surface area contributed by atoms with E-state index in [0.29, 0.717) is 0 Å². The van der Waals surface area contributed by atoms with Gasteiger partial charge >= 0.3 is 0 Å². The highest BCUT2D eigenvalue weighted by Gasteiger charge is 2.20. The lowest BCUT2D eigenvalue weighted by molar-refractivity contribution is 0.313. The quantitative estimate of drug-likeness (QED) is 0.757. The maximum absolute atomic E-state index is 4.31. The third-order valence-corrected chi connectivity index (χ3v) is 4.78. The lowest BCUT2D eigenvalue weighted by atomic mass is 9.83. The lowest BCUT2D eigenvalue weighted by Crippen LogP contribution is -2.17. The van der Waals surface area contributed by atoms with E-state index < -0.39 is 0 Å². The molecule has 3 rings (SSSR count). The Morgan fingerprint density at radius 1 is 1.12 bits per heavy atom. The number of aryl methyl sites for hydroxylation is 1. The van der Waals surface area contributed by atoms with Gasteiger partial charge in [-0.15, -0.1) is 21.5 Å². The molecule has 0 aromatic carbocycles. The highest BCUT2D eigenvalue weighted by atomic mass is 32.1. The second-order valence-electron chi connectivity index (χ2n) is 5.42. The number of nitrogens with one attached hydrogen (secondary N) is 1. The van der Waals surface area contributed by atoms with Gasteiger partial charge in [-0.3, -0.25) is 0 Å². The zero-order valence-electron chi connectivity index (χ0n) is 10.3. The summed E-state index contributed by atoms with van der Waals surface area (Å²) in [6, 6.07) is 0.832. The summed E-state index contributed by atoms with van der Waals surface area (Å²) in [5.41, 5.74) is 0. The average Bonchev–Trinajstić information content (AvgIpc) is 2.99. The number of hydrogen-bond acceptors (Lipinski definition) is 4. The molecular weight excluding hydrogens is 230 g/mol. The van der Waals surface area contributed by atoms with Gasteiger partial charge in [-0.25, -0.2) is 0 Å². The van der Waals surface area contributed by atoms with Gasteiger partial charge in [0, 0.05) is 18.9 Å². The molecule has 0 aliphatic heterocycles. The molecule has 0 radical (unpaired) electrons. The van der Waals surface area contributed by atoms with Crippen LogP contribution in [0.2, 0.25) is 0 Å². The van der Waals surface area contributed by atoms with Gasteiger partial charge in [-0.1, -0.05) is 19.3 Å². The normalized spacial score (nSPS) is 20.5. The van der Waals surface area contributed by atoms with Crippen molar-refractivity contribution < 1.29 is 0 Å². The molecular formula is C13H21N3S. The van der Waals surface area contributed by atoms with Gasteiger partial charge in [-0.2, -0.15) is 0 Å². The van der Waals surface area contributed by atoms with E-state index in [-0.39, 0.29) is 0 Å². The number of hydrogen-bond donors (Lipinski definition) is 1. The van der Waals surface area contributed by atoms with Gasteiger partial charge in [0.2, 0.25) is 0 Å². The van der Waals surface area contributed by atoms with E-state index in [2.05, 4.69) is 15.5 Å². The summed E-state index contributed by atoms with van der Waals surface area (Å²) in [7, 11) is 0. The summed E-state index contributed by atoms with van der Waals surface area (Å²) in [6.45, 7) is 1.14. The molecule has 2 fully saturated rings. The van der Waals surface area contributed by atoms with Crippen molar-refractivity contribution in [2.45, 2.75) is 57.4 Å². The van der Waals surface area contributed by atoms with Crippen LogP contribution in [0.15, 0.2) is 0 Å². The summed E-state index contributed by atoms with van der Waals surface area (Å²) in [4.78, 5) is 0. The number of aromatic nitrogens is 2. The summed E-state index contributed by atoms with van der Waals surface area (Å²) in [6.07, 6.45) is 10.5. The average molecular weight is 251 g/mol. The number of rotatable bonds is 7. The predicted molar refractivity (Wildman–Crippen MR) is 70.3 cm³/mol. The van der Waals surface area contributed by atoms with Gasteiger partial charge in [-0.05, 0) is 31.7 Å². The maximum atomic E-state index is 4.31. The smallest absolute Gasteiger partial charge is 0.117 e. The molecule has 2 aliphatic rings. The van der Waals surface area contributed by atoms with Crippen molar-refractivity contribution in [2.75, 3.05) is 6.54 Å². The molecule has 0 saturated heterocycles. The molecule has 3 nitrogen and oxygen atoms in total. The van der Waals surface area contributed by atoms with E-state index in [1.165, 1.54) is 55.0 Å². The fourth-order valence-electron chi connectivity index (χ4n) is 2.25. The molecule has 4 heteroatoms. The Kier molecular flexibility index (Phi) is 3.71. The largest absolute Gasteiger partial charge is 0.314 e. The van der Waals surface area contributed by atoms with Gasteiger partial charge in [0.1, 0.15) is 10.0 Å². The van der Waals surface area contributed by atoms with Gasteiger partial charge < -0.3 is 5.32 Å². The molecule has 1 aromatic heterocycles. The van der Waals surface area contributed by atoms with Crippen LogP contribution >= 0.6 is 11.3 Å². The van der Waals surface area contributed by atoms with E-state index in [9.17, 15) is 0 Å². The van der Waals surface area contributed by atoms with E-state index in [1.54, 1.807) is 0 Å². The fraction of sp³-hybridized carbons (Fsp3) is 0.846. The third-order valence-electron chi connectivity index (χ3n) is 3.77. The van der Waals surface area contributed by atoms with Crippen LogP contribution in [0.4, 0.5) is 0 Å². The number of nitrogens with zero attached hydrogens (tertiary/aromatic N) is 2. The van der Waals surface area contributed by atoms with Crippen LogP contribution in [0.5, 0.6) is 0 Å². The van der Waals surface area contributed by atoms with Crippen LogP contribution in [0.1, 0.15) is 48.5 Å². The molecule has 1 N–H and O–H groups in total. The first-order chi connectivity index (χ1) is 8.40. The van der Waals surface area contributed by atoms with E-state index in [0.717, 1.165) is 24.9 Å². The molecule has 0 bridgehead atoms. The molecule has 0 amide bonds. The minimum atomic E-state index is 0.832. The molecule has 1 heterocycles. The molecule has 1 aromatic rings. The van der Waals surface area contributed by atoms with Crippen LogP contribution in [-0.2, 0) is 12.8 Å². The lowest BCUT2D eigenvalue weighted by Gasteiger charge is -2.23. The van der Waals surface area contributed by atoms with Gasteiger partial charge in [0.25, 0.3) is 0 Å². The first-order valence-corrected chi connectivity index (χ1v) is 7.76. The molecule has 0 spiro atoms. The summed E-state index contributed by atoms with van der Waals surface area (Å²) in [5, 5.41) is 14.7. The van der Waals surface area contributed by atoms with Crippen molar-refractivity contribution in [3.05, 3.63) is 10.0 Å². The second-order valence-corrected chi connectivity index (χ2v) is 6.57. The molecule has 2 aliphatic carbocycles. The summed E-state index contributed by atoms with van der Waals surface area (Å²) < 4.78 is 0. The SMILES string of the molecule is C(CNC1CC1)Cc1nnc(CC2CCC2)s1. The molecule has 17 heavy (non-hydrogen) atoms. The minimum Gasteiger partial charge on any atom is -0.314 e. The first kappa shape index (κ1) is 11.6. The van der Waals surface area contributed by atoms with Crippen molar-refractivity contribution in [3.8, 4) is 0 Å². The standard InChI is InChI=1S/C13H21N3S/c1-3-10(4-1)9-13-16-15-12(17-13)5-2-8-14-11-6-7-11/h10-11,14H,1-9H2. The van der Waals surface area contributed by atoms with Crippen molar-refractivity contribution in [3.63, 3.8) is 0 Å². The van der Waals surface area contributed by atoms with Crippen LogP contribution in [-0.4, -0.2) is 22.8 Å². The van der Waals surface area contributed by atoms with E-state index in [1.807, 2.05) is 11.3 Å². The Labute approximate surface area is 107 Å². The Morgan fingerprint density at radius 3 is 2.65 bits per heavy atom. The highest BCUT2D eigenvalue weighted by molar-refractivity contribution is 7.11. The van der Waals surface area contributed by atoms with E-state index >= 15 is 0 Å². The Balaban J connectivity index is 1.36. The van der Waals surface area contributed by atoms with Gasteiger partial charge in [0.15, 0.2) is 0 Å². The van der Waals surface area contributed by atoms with Crippen molar-refractivity contribution in [1.82, 2.24) is 15.5 Å². The first-order valence-electron chi connectivity index (χ1n) is 6.95. The molecule has 2 saturated carbocycles. The highest BCUT2D eigenvalue weighted by Crippen LogP contribution is 2.30. The zero-order valence-corrected chi connectivity index (χ0v) is 11.1. The second kappa shape index (κ2) is 5.44. The predicted octanol–water partition coefficient (Wildman–Crippen LogP) is 2.57. The summed E-state index contributed by atoms with van der Waals surface area (Å²) in [5.74, 6) is 0.910. The zero-order chi connectivity index (χ0) is 11.5. The Morgan fingerprint density at radius 2 is 1.94 bits per heavy atom. The van der Waals surface area contributed by atoms with Crippen molar-refractivity contribution in [2.24, 2.45) is 5.92 Å². The minimum absolute atomic E-state index is 0.832. The van der Waals surface area contributed by atoms with Crippen LogP contribution < -0.4 is 5.32 Å². The third kappa shape index (κ3) is 3.49.